The number of benzene rings is 2. The number of hydrogen-bond acceptors (Lipinski definition) is 4. The van der Waals surface area contributed by atoms with E-state index in [1.54, 1.807) is 28.9 Å². The van der Waals surface area contributed by atoms with Crippen LogP contribution in [0.25, 0.3) is 16.6 Å². The minimum atomic E-state index is -3.06. The fraction of sp³-hybridized carbons (Fsp3) is 0.300. The fourth-order valence-corrected chi connectivity index (χ4v) is 6.49. The van der Waals surface area contributed by atoms with Gasteiger partial charge in [-0.05, 0) is 64.2 Å². The number of nitrogens with zero attached hydrogens (tertiary/aromatic N) is 2. The molecular weight excluding hydrogens is 447 g/mol. The van der Waals surface area contributed by atoms with Crippen molar-refractivity contribution in [3.8, 4) is 5.69 Å². The molecule has 1 aromatic heterocycles. The van der Waals surface area contributed by atoms with Gasteiger partial charge in [0.25, 0.3) is 0 Å². The summed E-state index contributed by atoms with van der Waals surface area (Å²) in [5, 5.41) is 5.28. The Bertz CT molecular complexity index is 1190. The third kappa shape index (κ3) is 3.63. The van der Waals surface area contributed by atoms with Crippen LogP contribution >= 0.6 is 15.9 Å². The summed E-state index contributed by atoms with van der Waals surface area (Å²) in [7, 11) is -3.06. The van der Waals surface area contributed by atoms with Crippen LogP contribution in [0.4, 0.5) is 4.39 Å². The number of rotatable bonds is 4. The number of aromatic nitrogens is 2. The minimum absolute atomic E-state index is 0.0487. The molecule has 5 nitrogen and oxygen atoms in total. The second-order valence-corrected chi connectivity index (χ2v) is 10.6. The van der Waals surface area contributed by atoms with Crippen LogP contribution in [0.15, 0.2) is 47.1 Å². The maximum absolute atomic E-state index is 13.2. The Labute approximate surface area is 170 Å². The zero-order chi connectivity index (χ0) is 20.1. The standard InChI is InChI=1S/C20H18BrFN2O3S/c1-20(8-9-28(26,27)12-20)11-18(25)13-2-7-16-17(10-13)24(23-19(16)21)15-5-3-14(22)4-6-15/h2-7,10H,8-9,11-12H2,1H3. The van der Waals surface area contributed by atoms with Crippen LogP contribution in [0.1, 0.15) is 30.1 Å². The molecule has 1 aliphatic heterocycles. The zero-order valence-electron chi connectivity index (χ0n) is 15.2. The molecule has 2 aromatic carbocycles. The highest BCUT2D eigenvalue weighted by molar-refractivity contribution is 9.10. The number of carbonyl (C=O) groups is 1. The van der Waals surface area contributed by atoms with Gasteiger partial charge in [0, 0.05) is 17.4 Å². The lowest BCUT2D eigenvalue weighted by molar-refractivity contribution is 0.0934. The lowest BCUT2D eigenvalue weighted by Gasteiger charge is -2.20. The van der Waals surface area contributed by atoms with Crippen molar-refractivity contribution in [2.24, 2.45) is 5.41 Å². The highest BCUT2D eigenvalue weighted by Gasteiger charge is 2.39. The van der Waals surface area contributed by atoms with Crippen molar-refractivity contribution < 1.29 is 17.6 Å². The van der Waals surface area contributed by atoms with Crippen LogP contribution < -0.4 is 0 Å². The smallest absolute Gasteiger partial charge is 0.163 e. The predicted octanol–water partition coefficient (Wildman–Crippen LogP) is 4.32. The highest BCUT2D eigenvalue weighted by Crippen LogP contribution is 2.36. The van der Waals surface area contributed by atoms with Crippen molar-refractivity contribution in [1.29, 1.82) is 0 Å². The Kier molecular flexibility index (Phi) is 4.66. The molecule has 0 spiro atoms. The molecule has 1 aliphatic rings. The molecule has 0 amide bonds. The molecule has 146 valence electrons. The number of fused-ring (bicyclic) bond motifs is 1. The van der Waals surface area contributed by atoms with Gasteiger partial charge in [-0.2, -0.15) is 5.10 Å². The largest absolute Gasteiger partial charge is 0.294 e. The molecule has 3 aromatic rings. The van der Waals surface area contributed by atoms with E-state index in [1.807, 2.05) is 13.0 Å². The van der Waals surface area contributed by atoms with Gasteiger partial charge in [0.15, 0.2) is 15.6 Å². The van der Waals surface area contributed by atoms with Gasteiger partial charge in [0.05, 0.1) is 22.7 Å². The van der Waals surface area contributed by atoms with Crippen LogP contribution in [0, 0.1) is 11.2 Å². The molecule has 0 N–H and O–H groups in total. The molecule has 4 rings (SSSR count). The van der Waals surface area contributed by atoms with Gasteiger partial charge < -0.3 is 0 Å². The molecule has 1 unspecified atom stereocenters. The summed E-state index contributed by atoms with van der Waals surface area (Å²) in [4.78, 5) is 12.9. The summed E-state index contributed by atoms with van der Waals surface area (Å²) in [5.74, 6) is -0.243. The van der Waals surface area contributed by atoms with E-state index in [0.29, 0.717) is 27.8 Å². The number of carbonyl (C=O) groups excluding carboxylic acids is 1. The molecule has 0 bridgehead atoms. The van der Waals surface area contributed by atoms with Gasteiger partial charge in [0.2, 0.25) is 0 Å². The van der Waals surface area contributed by atoms with Crippen molar-refractivity contribution in [2.45, 2.75) is 19.8 Å². The molecule has 0 saturated carbocycles. The number of sulfone groups is 1. The Hall–Kier alpha value is -2.06. The Balaban J connectivity index is 1.70. The van der Waals surface area contributed by atoms with Gasteiger partial charge >= 0.3 is 0 Å². The average Bonchev–Trinajstić information content (AvgIpc) is 3.11. The van der Waals surface area contributed by atoms with E-state index in [-0.39, 0.29) is 29.5 Å². The molecule has 0 radical (unpaired) electrons. The highest BCUT2D eigenvalue weighted by atomic mass is 79.9. The van der Waals surface area contributed by atoms with Gasteiger partial charge in [-0.25, -0.2) is 17.5 Å². The van der Waals surface area contributed by atoms with Crippen molar-refractivity contribution in [3.63, 3.8) is 0 Å². The van der Waals surface area contributed by atoms with Crippen molar-refractivity contribution in [3.05, 3.63) is 58.4 Å². The first-order valence-corrected chi connectivity index (χ1v) is 11.5. The topological polar surface area (TPSA) is 69.0 Å². The van der Waals surface area contributed by atoms with Gasteiger partial charge in [0.1, 0.15) is 10.4 Å². The Morgan fingerprint density at radius 1 is 1.25 bits per heavy atom. The van der Waals surface area contributed by atoms with E-state index in [0.717, 1.165) is 5.39 Å². The Morgan fingerprint density at radius 2 is 1.96 bits per heavy atom. The third-order valence-corrected chi connectivity index (χ3v) is 7.75. The van der Waals surface area contributed by atoms with Crippen LogP contribution in [0.5, 0.6) is 0 Å². The monoisotopic (exact) mass is 464 g/mol. The second kappa shape index (κ2) is 6.77. The van der Waals surface area contributed by atoms with Crippen molar-refractivity contribution >= 4 is 42.5 Å². The minimum Gasteiger partial charge on any atom is -0.294 e. The summed E-state index contributed by atoms with van der Waals surface area (Å²) < 4.78 is 39.1. The molecular formula is C20H18BrFN2O3S. The molecule has 8 heteroatoms. The van der Waals surface area contributed by atoms with Crippen LogP contribution in [-0.4, -0.2) is 35.5 Å². The molecule has 1 atom stereocenters. The number of ketones is 1. The van der Waals surface area contributed by atoms with E-state index >= 15 is 0 Å². The quantitative estimate of drug-likeness (QED) is 0.538. The van der Waals surface area contributed by atoms with Crippen LogP contribution in [-0.2, 0) is 9.84 Å². The first-order chi connectivity index (χ1) is 13.2. The fourth-order valence-electron chi connectivity index (χ4n) is 3.74. The van der Waals surface area contributed by atoms with E-state index in [2.05, 4.69) is 21.0 Å². The predicted molar refractivity (Wildman–Crippen MR) is 109 cm³/mol. The van der Waals surface area contributed by atoms with E-state index in [9.17, 15) is 17.6 Å². The lowest BCUT2D eigenvalue weighted by atomic mass is 9.83. The van der Waals surface area contributed by atoms with Crippen LogP contribution in [0.2, 0.25) is 0 Å². The number of halogens is 2. The van der Waals surface area contributed by atoms with Crippen molar-refractivity contribution in [2.75, 3.05) is 11.5 Å². The second-order valence-electron chi connectivity index (χ2n) is 7.66. The van der Waals surface area contributed by atoms with E-state index < -0.39 is 15.3 Å². The van der Waals surface area contributed by atoms with Crippen molar-refractivity contribution in [1.82, 2.24) is 9.78 Å². The maximum atomic E-state index is 13.2. The normalized spacial score (nSPS) is 21.2. The van der Waals surface area contributed by atoms with E-state index in [1.165, 1.54) is 12.1 Å². The molecule has 2 heterocycles. The molecule has 28 heavy (non-hydrogen) atoms. The summed E-state index contributed by atoms with van der Waals surface area (Å²) in [6.07, 6.45) is 0.686. The van der Waals surface area contributed by atoms with Crippen LogP contribution in [0.3, 0.4) is 0 Å². The lowest BCUT2D eigenvalue weighted by Crippen LogP contribution is -2.22. The maximum Gasteiger partial charge on any atom is 0.163 e. The first kappa shape index (κ1) is 19.3. The molecule has 1 fully saturated rings. The van der Waals surface area contributed by atoms with Gasteiger partial charge in [-0.1, -0.05) is 13.0 Å². The summed E-state index contributed by atoms with van der Waals surface area (Å²) >= 11 is 3.43. The Morgan fingerprint density at radius 3 is 2.61 bits per heavy atom. The average molecular weight is 465 g/mol. The summed E-state index contributed by atoms with van der Waals surface area (Å²) in [6.45, 7) is 1.85. The summed E-state index contributed by atoms with van der Waals surface area (Å²) in [6, 6.07) is 11.2. The summed E-state index contributed by atoms with van der Waals surface area (Å²) in [5.41, 5.74) is 1.38. The van der Waals surface area contributed by atoms with Gasteiger partial charge in [-0.3, -0.25) is 4.79 Å². The third-order valence-electron chi connectivity index (χ3n) is 5.20. The number of hydrogen-bond donors (Lipinski definition) is 0. The zero-order valence-corrected chi connectivity index (χ0v) is 17.6. The van der Waals surface area contributed by atoms with E-state index in [4.69, 9.17) is 0 Å². The molecule has 0 aliphatic carbocycles. The van der Waals surface area contributed by atoms with Gasteiger partial charge in [-0.15, -0.1) is 0 Å². The molecule has 1 saturated heterocycles. The number of Topliss-reactive ketones (excluding diaryl/α,β-unsaturated/α-hetero) is 1. The first-order valence-electron chi connectivity index (χ1n) is 8.84. The SMILES string of the molecule is CC1(CC(=O)c2ccc3c(Br)nn(-c4ccc(F)cc4)c3c2)CCS(=O)(=O)C1.